The minimum absolute atomic E-state index is 0.127. The van der Waals surface area contributed by atoms with Crippen LogP contribution in [0.25, 0.3) is 0 Å². The van der Waals surface area contributed by atoms with Crippen LogP contribution in [-0.2, 0) is 6.61 Å². The van der Waals surface area contributed by atoms with Gasteiger partial charge in [0, 0.05) is 0 Å². The molecule has 0 fully saturated rings. The molecule has 19 heavy (non-hydrogen) atoms. The molecule has 0 atom stereocenters. The molecule has 2 rings (SSSR count). The smallest absolute Gasteiger partial charge is 0.339 e. The van der Waals surface area contributed by atoms with Gasteiger partial charge in [-0.1, -0.05) is 41.4 Å². The van der Waals surface area contributed by atoms with E-state index < -0.39 is 5.97 Å². The Labute approximate surface area is 120 Å². The predicted molar refractivity (Wildman–Crippen MR) is 74.2 cm³/mol. The average molecular weight is 297 g/mol. The summed E-state index contributed by atoms with van der Waals surface area (Å²) in [6.07, 6.45) is 0. The summed E-state index contributed by atoms with van der Waals surface area (Å²) in [6, 6.07) is 11.6. The first-order chi connectivity index (χ1) is 9.08. The van der Waals surface area contributed by atoms with Gasteiger partial charge < -0.3 is 9.84 Å². The van der Waals surface area contributed by atoms with Crippen LogP contribution in [0.3, 0.4) is 0 Å². The number of aromatic carboxylic acids is 1. The summed E-state index contributed by atoms with van der Waals surface area (Å²) in [7, 11) is 0. The molecule has 0 bridgehead atoms. The molecule has 0 aliphatic heterocycles. The van der Waals surface area contributed by atoms with Gasteiger partial charge in [-0.05, 0) is 29.8 Å². The molecule has 1 N–H and O–H groups in total. The molecule has 0 heterocycles. The van der Waals surface area contributed by atoms with Crippen molar-refractivity contribution in [1.29, 1.82) is 0 Å². The second-order valence-electron chi connectivity index (χ2n) is 3.84. The molecule has 3 nitrogen and oxygen atoms in total. The van der Waals surface area contributed by atoms with E-state index in [1.54, 1.807) is 36.4 Å². The fraction of sp³-hybridized carbons (Fsp3) is 0.0714. The zero-order chi connectivity index (χ0) is 13.8. The first-order valence-electron chi connectivity index (χ1n) is 5.47. The van der Waals surface area contributed by atoms with Crippen molar-refractivity contribution in [1.82, 2.24) is 0 Å². The number of carbonyl (C=O) groups is 1. The Balaban J connectivity index is 2.14. The lowest BCUT2D eigenvalue weighted by molar-refractivity contribution is 0.0692. The van der Waals surface area contributed by atoms with Gasteiger partial charge in [-0.15, -0.1) is 0 Å². The van der Waals surface area contributed by atoms with Crippen molar-refractivity contribution in [3.8, 4) is 5.75 Å². The van der Waals surface area contributed by atoms with Gasteiger partial charge in [0.1, 0.15) is 17.9 Å². The van der Waals surface area contributed by atoms with Gasteiger partial charge in [0.15, 0.2) is 0 Å². The second-order valence-corrected chi connectivity index (χ2v) is 4.65. The topological polar surface area (TPSA) is 46.5 Å². The Morgan fingerprint density at radius 1 is 1.11 bits per heavy atom. The molecule has 0 saturated carbocycles. The van der Waals surface area contributed by atoms with Crippen LogP contribution < -0.4 is 4.74 Å². The number of hydrogen-bond acceptors (Lipinski definition) is 2. The van der Waals surface area contributed by atoms with Crippen LogP contribution in [0.4, 0.5) is 0 Å². The quantitative estimate of drug-likeness (QED) is 0.916. The van der Waals surface area contributed by atoms with E-state index in [0.29, 0.717) is 15.8 Å². The fourth-order valence-corrected chi connectivity index (χ4v) is 1.88. The number of benzene rings is 2. The third-order valence-electron chi connectivity index (χ3n) is 2.50. The molecular formula is C14H10Cl2O3. The summed E-state index contributed by atoms with van der Waals surface area (Å²) in [5.74, 6) is -0.703. The van der Waals surface area contributed by atoms with Crippen LogP contribution in [-0.4, -0.2) is 11.1 Å². The van der Waals surface area contributed by atoms with Crippen LogP contribution >= 0.6 is 23.2 Å². The summed E-state index contributed by atoms with van der Waals surface area (Å²) in [5, 5.41) is 9.93. The van der Waals surface area contributed by atoms with Crippen molar-refractivity contribution in [3.63, 3.8) is 0 Å². The maximum atomic E-state index is 11.0. The number of para-hydroxylation sites is 1. The van der Waals surface area contributed by atoms with Gasteiger partial charge >= 0.3 is 5.97 Å². The molecule has 0 spiro atoms. The fourth-order valence-electron chi connectivity index (χ4n) is 1.56. The van der Waals surface area contributed by atoms with E-state index in [0.717, 1.165) is 5.56 Å². The van der Waals surface area contributed by atoms with Crippen LogP contribution in [0.2, 0.25) is 10.0 Å². The average Bonchev–Trinajstić information content (AvgIpc) is 2.40. The van der Waals surface area contributed by atoms with Crippen molar-refractivity contribution in [3.05, 3.63) is 63.6 Å². The first-order valence-corrected chi connectivity index (χ1v) is 6.22. The van der Waals surface area contributed by atoms with E-state index >= 15 is 0 Å². The Morgan fingerprint density at radius 3 is 2.53 bits per heavy atom. The van der Waals surface area contributed by atoms with E-state index in [2.05, 4.69) is 0 Å². The Morgan fingerprint density at radius 2 is 1.84 bits per heavy atom. The van der Waals surface area contributed by atoms with E-state index in [-0.39, 0.29) is 12.2 Å². The van der Waals surface area contributed by atoms with Crippen molar-refractivity contribution in [2.24, 2.45) is 0 Å². The van der Waals surface area contributed by atoms with Crippen LogP contribution in [0, 0.1) is 0 Å². The van der Waals surface area contributed by atoms with E-state index in [1.807, 2.05) is 0 Å². The summed E-state index contributed by atoms with van der Waals surface area (Å²) in [4.78, 5) is 11.0. The van der Waals surface area contributed by atoms with E-state index in [9.17, 15) is 4.79 Å². The van der Waals surface area contributed by atoms with Crippen molar-refractivity contribution in [2.75, 3.05) is 0 Å². The SMILES string of the molecule is O=C(O)c1ccccc1OCc1ccc(Cl)c(Cl)c1. The number of hydrogen-bond donors (Lipinski definition) is 1. The molecule has 98 valence electrons. The van der Waals surface area contributed by atoms with E-state index in [1.165, 1.54) is 6.07 Å². The summed E-state index contributed by atoms with van der Waals surface area (Å²) in [6.45, 7) is 0.223. The van der Waals surface area contributed by atoms with Gasteiger partial charge in [0.25, 0.3) is 0 Å². The highest BCUT2D eigenvalue weighted by Crippen LogP contribution is 2.24. The molecule has 2 aromatic carbocycles. The summed E-state index contributed by atoms with van der Waals surface area (Å²) >= 11 is 11.7. The molecule has 0 radical (unpaired) electrons. The minimum Gasteiger partial charge on any atom is -0.488 e. The number of ether oxygens (including phenoxy) is 1. The molecule has 5 heteroatoms. The minimum atomic E-state index is -1.02. The van der Waals surface area contributed by atoms with Crippen LogP contribution in [0.15, 0.2) is 42.5 Å². The predicted octanol–water partition coefficient (Wildman–Crippen LogP) is 4.27. The van der Waals surface area contributed by atoms with Crippen molar-refractivity contribution >= 4 is 29.2 Å². The zero-order valence-corrected chi connectivity index (χ0v) is 11.3. The molecule has 0 aliphatic rings. The summed E-state index contributed by atoms with van der Waals surface area (Å²) < 4.78 is 5.50. The zero-order valence-electron chi connectivity index (χ0n) is 9.77. The number of halogens is 2. The largest absolute Gasteiger partial charge is 0.488 e. The standard InChI is InChI=1S/C14H10Cl2O3/c15-11-6-5-9(7-12(11)16)8-19-13-4-2-1-3-10(13)14(17)18/h1-7H,8H2,(H,17,18). The molecule has 0 amide bonds. The molecule has 0 aromatic heterocycles. The monoisotopic (exact) mass is 296 g/mol. The number of carboxylic acids is 1. The number of rotatable bonds is 4. The lowest BCUT2D eigenvalue weighted by Gasteiger charge is -2.09. The van der Waals surface area contributed by atoms with Crippen LogP contribution in [0.1, 0.15) is 15.9 Å². The molecule has 2 aromatic rings. The third-order valence-corrected chi connectivity index (χ3v) is 3.23. The van der Waals surface area contributed by atoms with Crippen LogP contribution in [0.5, 0.6) is 5.75 Å². The Hall–Kier alpha value is -1.71. The van der Waals surface area contributed by atoms with Crippen molar-refractivity contribution < 1.29 is 14.6 Å². The first kappa shape index (κ1) is 13.7. The lowest BCUT2D eigenvalue weighted by Crippen LogP contribution is -2.03. The summed E-state index contributed by atoms with van der Waals surface area (Å²) in [5.41, 5.74) is 0.942. The molecular weight excluding hydrogens is 287 g/mol. The molecule has 0 aliphatic carbocycles. The van der Waals surface area contributed by atoms with Gasteiger partial charge in [-0.25, -0.2) is 4.79 Å². The Kier molecular flexibility index (Phi) is 4.30. The third kappa shape index (κ3) is 3.40. The normalized spacial score (nSPS) is 10.2. The Bertz CT molecular complexity index is 611. The van der Waals surface area contributed by atoms with Gasteiger partial charge in [-0.2, -0.15) is 0 Å². The van der Waals surface area contributed by atoms with Crippen molar-refractivity contribution in [2.45, 2.75) is 6.61 Å². The van der Waals surface area contributed by atoms with Gasteiger partial charge in [0.2, 0.25) is 0 Å². The van der Waals surface area contributed by atoms with Gasteiger partial charge in [0.05, 0.1) is 10.0 Å². The molecule has 0 saturated heterocycles. The van der Waals surface area contributed by atoms with E-state index in [4.69, 9.17) is 33.0 Å². The highest BCUT2D eigenvalue weighted by Gasteiger charge is 2.10. The number of carboxylic acid groups (broad SMARTS) is 1. The maximum absolute atomic E-state index is 11.0. The highest BCUT2D eigenvalue weighted by molar-refractivity contribution is 6.42. The second kappa shape index (κ2) is 5.95. The highest BCUT2D eigenvalue weighted by atomic mass is 35.5. The molecule has 0 unspecified atom stereocenters. The lowest BCUT2D eigenvalue weighted by atomic mass is 10.2. The maximum Gasteiger partial charge on any atom is 0.339 e. The van der Waals surface area contributed by atoms with Gasteiger partial charge in [-0.3, -0.25) is 0 Å².